The van der Waals surface area contributed by atoms with Crippen LogP contribution in [0.3, 0.4) is 0 Å². The van der Waals surface area contributed by atoms with E-state index < -0.39 is 0 Å². The van der Waals surface area contributed by atoms with Gasteiger partial charge < -0.3 is 18.9 Å². The maximum atomic E-state index is 6.03. The summed E-state index contributed by atoms with van der Waals surface area (Å²) >= 11 is 0. The fourth-order valence-electron chi connectivity index (χ4n) is 3.19. The van der Waals surface area contributed by atoms with Crippen molar-refractivity contribution >= 4 is 0 Å². The van der Waals surface area contributed by atoms with Crippen LogP contribution in [-0.4, -0.2) is 37.6 Å². The molecular weight excluding hydrogens is 328 g/mol. The first kappa shape index (κ1) is 17.4. The van der Waals surface area contributed by atoms with E-state index in [2.05, 4.69) is 38.1 Å². The lowest BCUT2D eigenvalue weighted by Crippen LogP contribution is -2.22. The van der Waals surface area contributed by atoms with Crippen LogP contribution in [0.25, 0.3) is 11.1 Å². The summed E-state index contributed by atoms with van der Waals surface area (Å²) in [6, 6.07) is 16.5. The molecule has 2 aliphatic heterocycles. The molecule has 4 heteroatoms. The molecule has 4 rings (SSSR count). The lowest BCUT2D eigenvalue weighted by Gasteiger charge is -2.16. The molecule has 4 atom stereocenters. The van der Waals surface area contributed by atoms with Gasteiger partial charge in [0.15, 0.2) is 0 Å². The van der Waals surface area contributed by atoms with Crippen molar-refractivity contribution < 1.29 is 18.9 Å². The van der Waals surface area contributed by atoms with Crippen molar-refractivity contribution in [1.82, 2.24) is 0 Å². The highest BCUT2D eigenvalue weighted by molar-refractivity contribution is 5.64. The first-order valence-corrected chi connectivity index (χ1v) is 9.54. The summed E-state index contributed by atoms with van der Waals surface area (Å²) in [4.78, 5) is 0. The number of benzene rings is 2. The van der Waals surface area contributed by atoms with Crippen LogP contribution in [0.4, 0.5) is 0 Å². The van der Waals surface area contributed by atoms with E-state index in [1.165, 1.54) is 0 Å². The Labute approximate surface area is 155 Å². The number of hydrogen-bond acceptors (Lipinski definition) is 4. The van der Waals surface area contributed by atoms with Gasteiger partial charge in [-0.15, -0.1) is 0 Å². The quantitative estimate of drug-likeness (QED) is 0.623. The SMILES string of the molecule is CCC(Oc1ccc(-c2ccc(OC(CC)C3CO3)cc2)cc1)C1CO1. The fraction of sp³-hybridized carbons (Fsp3) is 0.455. The molecule has 2 heterocycles. The molecule has 2 aromatic carbocycles. The van der Waals surface area contributed by atoms with Crippen molar-refractivity contribution in [1.29, 1.82) is 0 Å². The van der Waals surface area contributed by atoms with Crippen LogP contribution < -0.4 is 9.47 Å². The highest BCUT2D eigenvalue weighted by atomic mass is 16.6. The fourth-order valence-corrected chi connectivity index (χ4v) is 3.19. The molecule has 0 aliphatic carbocycles. The average Bonchev–Trinajstić information content (AvgIpc) is 3.58. The minimum Gasteiger partial charge on any atom is -0.488 e. The van der Waals surface area contributed by atoms with Gasteiger partial charge in [-0.25, -0.2) is 0 Å². The number of rotatable bonds is 9. The van der Waals surface area contributed by atoms with Crippen molar-refractivity contribution in [3.63, 3.8) is 0 Å². The van der Waals surface area contributed by atoms with E-state index in [1.807, 2.05) is 24.3 Å². The predicted molar refractivity (Wildman–Crippen MR) is 101 cm³/mol. The van der Waals surface area contributed by atoms with Crippen LogP contribution in [0.5, 0.6) is 11.5 Å². The smallest absolute Gasteiger partial charge is 0.127 e. The summed E-state index contributed by atoms with van der Waals surface area (Å²) in [5.41, 5.74) is 2.33. The zero-order valence-corrected chi connectivity index (χ0v) is 15.4. The highest BCUT2D eigenvalue weighted by Gasteiger charge is 2.33. The zero-order valence-electron chi connectivity index (χ0n) is 15.4. The maximum Gasteiger partial charge on any atom is 0.127 e. The second-order valence-electron chi connectivity index (χ2n) is 6.92. The molecule has 0 bridgehead atoms. The minimum absolute atomic E-state index is 0.152. The van der Waals surface area contributed by atoms with Crippen LogP contribution in [0.2, 0.25) is 0 Å². The third kappa shape index (κ3) is 4.19. The molecule has 4 unspecified atom stereocenters. The van der Waals surface area contributed by atoms with Crippen LogP contribution in [0.1, 0.15) is 26.7 Å². The Bertz CT molecular complexity index is 638. The van der Waals surface area contributed by atoms with E-state index in [4.69, 9.17) is 18.9 Å². The molecule has 2 saturated heterocycles. The zero-order chi connectivity index (χ0) is 17.9. The monoisotopic (exact) mass is 354 g/mol. The summed E-state index contributed by atoms with van der Waals surface area (Å²) in [5, 5.41) is 0. The van der Waals surface area contributed by atoms with Gasteiger partial charge in [0.05, 0.1) is 13.2 Å². The predicted octanol–water partition coefficient (Wildman–Crippen LogP) is 4.47. The Morgan fingerprint density at radius 2 is 1.08 bits per heavy atom. The van der Waals surface area contributed by atoms with Crippen molar-refractivity contribution in [2.45, 2.75) is 51.1 Å². The van der Waals surface area contributed by atoms with E-state index in [1.54, 1.807) is 0 Å². The molecule has 0 spiro atoms. The number of epoxide rings is 2. The molecular formula is C22H26O4. The molecule has 26 heavy (non-hydrogen) atoms. The second-order valence-corrected chi connectivity index (χ2v) is 6.92. The Morgan fingerprint density at radius 3 is 1.35 bits per heavy atom. The van der Waals surface area contributed by atoms with Gasteiger partial charge in [-0.05, 0) is 48.2 Å². The molecule has 138 valence electrons. The van der Waals surface area contributed by atoms with Gasteiger partial charge in [-0.1, -0.05) is 38.1 Å². The Hall–Kier alpha value is -2.04. The first-order chi connectivity index (χ1) is 12.8. The van der Waals surface area contributed by atoms with E-state index in [0.29, 0.717) is 0 Å². The third-order valence-corrected chi connectivity index (χ3v) is 4.97. The van der Waals surface area contributed by atoms with Crippen molar-refractivity contribution in [3.05, 3.63) is 48.5 Å². The minimum atomic E-state index is 0.152. The molecule has 2 aromatic rings. The Kier molecular flexibility index (Phi) is 5.14. The summed E-state index contributed by atoms with van der Waals surface area (Å²) in [7, 11) is 0. The largest absolute Gasteiger partial charge is 0.488 e. The van der Waals surface area contributed by atoms with Gasteiger partial charge in [0.2, 0.25) is 0 Å². The van der Waals surface area contributed by atoms with Crippen LogP contribution >= 0.6 is 0 Å². The molecule has 0 saturated carbocycles. The van der Waals surface area contributed by atoms with Crippen LogP contribution in [0, 0.1) is 0 Å². The number of hydrogen-bond donors (Lipinski definition) is 0. The highest BCUT2D eigenvalue weighted by Crippen LogP contribution is 2.28. The molecule has 2 aliphatic rings. The number of ether oxygens (including phenoxy) is 4. The third-order valence-electron chi connectivity index (χ3n) is 4.97. The van der Waals surface area contributed by atoms with E-state index in [0.717, 1.165) is 48.7 Å². The van der Waals surface area contributed by atoms with E-state index >= 15 is 0 Å². The van der Waals surface area contributed by atoms with Gasteiger partial charge >= 0.3 is 0 Å². The second kappa shape index (κ2) is 7.68. The molecule has 0 amide bonds. The van der Waals surface area contributed by atoms with Crippen LogP contribution in [0.15, 0.2) is 48.5 Å². The van der Waals surface area contributed by atoms with Gasteiger partial charge in [0.1, 0.15) is 35.9 Å². The van der Waals surface area contributed by atoms with E-state index in [9.17, 15) is 0 Å². The van der Waals surface area contributed by atoms with Gasteiger partial charge in [-0.3, -0.25) is 0 Å². The van der Waals surface area contributed by atoms with Crippen molar-refractivity contribution in [2.24, 2.45) is 0 Å². The Balaban J connectivity index is 1.39. The lowest BCUT2D eigenvalue weighted by molar-refractivity contribution is 0.155. The standard InChI is InChI=1S/C22H26O4/c1-3-19(21-13-23-21)25-17-9-5-15(6-10-17)16-7-11-18(12-8-16)26-20(4-2)22-14-24-22/h5-12,19-22H,3-4,13-14H2,1-2H3. The van der Waals surface area contributed by atoms with E-state index in [-0.39, 0.29) is 24.4 Å². The molecule has 0 radical (unpaired) electrons. The normalized spacial score (nSPS) is 23.2. The summed E-state index contributed by atoms with van der Waals surface area (Å²) in [6.45, 7) is 5.89. The van der Waals surface area contributed by atoms with Gasteiger partial charge in [-0.2, -0.15) is 0 Å². The molecule has 2 fully saturated rings. The van der Waals surface area contributed by atoms with Crippen LogP contribution in [-0.2, 0) is 9.47 Å². The average molecular weight is 354 g/mol. The van der Waals surface area contributed by atoms with Crippen molar-refractivity contribution in [2.75, 3.05) is 13.2 Å². The summed E-state index contributed by atoms with van der Waals surface area (Å²) < 4.78 is 22.7. The van der Waals surface area contributed by atoms with Gasteiger partial charge in [0.25, 0.3) is 0 Å². The van der Waals surface area contributed by atoms with Crippen molar-refractivity contribution in [3.8, 4) is 22.6 Å². The summed E-state index contributed by atoms with van der Waals surface area (Å²) in [5.74, 6) is 1.79. The first-order valence-electron chi connectivity index (χ1n) is 9.54. The summed E-state index contributed by atoms with van der Waals surface area (Å²) in [6.07, 6.45) is 2.75. The lowest BCUT2D eigenvalue weighted by atomic mass is 10.1. The topological polar surface area (TPSA) is 43.5 Å². The molecule has 0 N–H and O–H groups in total. The maximum absolute atomic E-state index is 6.03. The molecule has 4 nitrogen and oxygen atoms in total. The Morgan fingerprint density at radius 1 is 0.731 bits per heavy atom. The van der Waals surface area contributed by atoms with Gasteiger partial charge in [0, 0.05) is 0 Å². The molecule has 0 aromatic heterocycles.